The number of nitrogens with one attached hydrogen (secondary N) is 1. The Morgan fingerprint density at radius 2 is 1.65 bits per heavy atom. The first kappa shape index (κ1) is 17.2. The third-order valence-electron chi connectivity index (χ3n) is 4.23. The lowest BCUT2D eigenvalue weighted by Crippen LogP contribution is -2.55. The number of aliphatic hydroxyl groups excluding tert-OH is 2. The van der Waals surface area contributed by atoms with Crippen LogP contribution in [0, 0.1) is 11.8 Å². The molecule has 0 aromatic heterocycles. The molecule has 1 saturated carbocycles. The number of hydrogen-bond donors (Lipinski definition) is 3. The molecule has 0 saturated heterocycles. The molecule has 1 aliphatic carbocycles. The van der Waals surface area contributed by atoms with Crippen molar-refractivity contribution in [1.82, 2.24) is 5.32 Å². The first-order valence-electron chi connectivity index (χ1n) is 6.88. The Balaban J connectivity index is 2.55. The number of amides is 1. The van der Waals surface area contributed by atoms with Gasteiger partial charge in [-0.1, -0.05) is 6.92 Å². The Morgan fingerprint density at radius 1 is 1.15 bits per heavy atom. The fraction of sp³-hybridized carbons (Fsp3) is 0.923. The van der Waals surface area contributed by atoms with Gasteiger partial charge < -0.3 is 15.5 Å². The summed E-state index contributed by atoms with van der Waals surface area (Å²) < 4.78 is 37.6. The predicted octanol–water partition coefficient (Wildman–Crippen LogP) is 1.60. The normalized spacial score (nSPS) is 24.5. The SMILES string of the molecule is CCC(CO)(CO)NC(=O)C1CCC(C(F)(F)F)CC1. The molecule has 1 amide bonds. The van der Waals surface area contributed by atoms with Crippen LogP contribution in [0.15, 0.2) is 0 Å². The number of rotatable bonds is 5. The molecule has 3 N–H and O–H groups in total. The summed E-state index contributed by atoms with van der Waals surface area (Å²) in [5.74, 6) is -2.17. The highest BCUT2D eigenvalue weighted by Gasteiger charge is 2.43. The summed E-state index contributed by atoms with van der Waals surface area (Å²) in [4.78, 5) is 12.0. The molecule has 0 spiro atoms. The molecule has 0 aromatic carbocycles. The average Bonchev–Trinajstić information content (AvgIpc) is 2.44. The molecule has 1 rings (SSSR count). The monoisotopic (exact) mass is 297 g/mol. The molecular formula is C13H22F3NO3. The second-order valence-corrected chi connectivity index (χ2v) is 5.53. The van der Waals surface area contributed by atoms with Crippen molar-refractivity contribution in [3.8, 4) is 0 Å². The lowest BCUT2D eigenvalue weighted by molar-refractivity contribution is -0.184. The standard InChI is InChI=1S/C13H22F3NO3/c1-2-12(7-18,8-19)17-11(20)9-3-5-10(6-4-9)13(14,15)16/h9-10,18-19H,2-8H2,1H3,(H,17,20). The van der Waals surface area contributed by atoms with Gasteiger partial charge >= 0.3 is 6.18 Å². The number of hydrogen-bond acceptors (Lipinski definition) is 3. The van der Waals surface area contributed by atoms with E-state index in [4.69, 9.17) is 0 Å². The summed E-state index contributed by atoms with van der Waals surface area (Å²) in [6.45, 7) is 0.917. The van der Waals surface area contributed by atoms with Gasteiger partial charge in [0.15, 0.2) is 0 Å². The predicted molar refractivity (Wildman–Crippen MR) is 66.8 cm³/mol. The molecule has 20 heavy (non-hydrogen) atoms. The number of aliphatic hydroxyl groups is 2. The zero-order valence-corrected chi connectivity index (χ0v) is 11.5. The second-order valence-electron chi connectivity index (χ2n) is 5.53. The van der Waals surface area contributed by atoms with Crippen molar-refractivity contribution in [1.29, 1.82) is 0 Å². The number of alkyl halides is 3. The molecule has 0 aliphatic heterocycles. The van der Waals surface area contributed by atoms with Gasteiger partial charge in [-0.15, -0.1) is 0 Å². The summed E-state index contributed by atoms with van der Waals surface area (Å²) in [6.07, 6.45) is -3.55. The summed E-state index contributed by atoms with van der Waals surface area (Å²) in [5.41, 5.74) is -1.09. The molecule has 1 aliphatic rings. The third-order valence-corrected chi connectivity index (χ3v) is 4.23. The molecule has 7 heteroatoms. The second kappa shape index (κ2) is 6.76. The topological polar surface area (TPSA) is 69.6 Å². The van der Waals surface area contributed by atoms with Gasteiger partial charge in [0, 0.05) is 5.92 Å². The smallest absolute Gasteiger partial charge is 0.391 e. The Hall–Kier alpha value is -0.820. The van der Waals surface area contributed by atoms with Crippen LogP contribution in [0.2, 0.25) is 0 Å². The van der Waals surface area contributed by atoms with Gasteiger partial charge in [-0.05, 0) is 32.1 Å². The van der Waals surface area contributed by atoms with Crippen LogP contribution < -0.4 is 5.32 Å². The molecule has 0 aromatic rings. The maximum absolute atomic E-state index is 12.5. The number of carbonyl (C=O) groups is 1. The largest absolute Gasteiger partial charge is 0.394 e. The minimum absolute atomic E-state index is 0.0427. The molecular weight excluding hydrogens is 275 g/mol. The summed E-state index contributed by atoms with van der Waals surface area (Å²) >= 11 is 0. The van der Waals surface area contributed by atoms with Crippen LogP contribution in [0.25, 0.3) is 0 Å². The van der Waals surface area contributed by atoms with Crippen LogP contribution in [-0.4, -0.2) is 41.0 Å². The molecule has 118 valence electrons. The van der Waals surface area contributed by atoms with Crippen LogP contribution in [-0.2, 0) is 4.79 Å². The number of carbonyl (C=O) groups excluding carboxylic acids is 1. The summed E-state index contributed by atoms with van der Waals surface area (Å²) in [6, 6.07) is 0. The Labute approximate surface area is 116 Å². The molecule has 1 fully saturated rings. The van der Waals surface area contributed by atoms with Crippen molar-refractivity contribution in [2.75, 3.05) is 13.2 Å². The first-order chi connectivity index (χ1) is 9.28. The van der Waals surface area contributed by atoms with E-state index in [1.165, 1.54) is 0 Å². The van der Waals surface area contributed by atoms with E-state index in [-0.39, 0.29) is 31.6 Å². The maximum Gasteiger partial charge on any atom is 0.391 e. The Kier molecular flexibility index (Phi) is 5.82. The van der Waals surface area contributed by atoms with Gasteiger partial charge in [0.1, 0.15) is 0 Å². The van der Waals surface area contributed by atoms with Gasteiger partial charge in [0.2, 0.25) is 5.91 Å². The quantitative estimate of drug-likeness (QED) is 0.722. The highest BCUT2D eigenvalue weighted by atomic mass is 19.4. The van der Waals surface area contributed by atoms with E-state index in [1.807, 2.05) is 0 Å². The molecule has 0 unspecified atom stereocenters. The van der Waals surface area contributed by atoms with Gasteiger partial charge in [-0.2, -0.15) is 13.2 Å². The first-order valence-corrected chi connectivity index (χ1v) is 6.88. The zero-order chi connectivity index (χ0) is 15.4. The van der Waals surface area contributed by atoms with Crippen molar-refractivity contribution < 1.29 is 28.2 Å². The van der Waals surface area contributed by atoms with Gasteiger partial charge in [0.25, 0.3) is 0 Å². The van der Waals surface area contributed by atoms with Gasteiger partial charge in [-0.3, -0.25) is 4.79 Å². The van der Waals surface area contributed by atoms with Gasteiger partial charge in [0.05, 0.1) is 24.7 Å². The average molecular weight is 297 g/mol. The lowest BCUT2D eigenvalue weighted by atomic mass is 9.80. The van der Waals surface area contributed by atoms with Crippen molar-refractivity contribution in [3.05, 3.63) is 0 Å². The molecule has 4 nitrogen and oxygen atoms in total. The fourth-order valence-electron chi connectivity index (χ4n) is 2.49. The fourth-order valence-corrected chi connectivity index (χ4v) is 2.49. The third kappa shape index (κ3) is 4.09. The highest BCUT2D eigenvalue weighted by molar-refractivity contribution is 5.79. The molecule has 0 radical (unpaired) electrons. The van der Waals surface area contributed by atoms with E-state index < -0.39 is 36.8 Å². The minimum atomic E-state index is -4.19. The summed E-state index contributed by atoms with van der Waals surface area (Å²) in [5, 5.41) is 21.1. The van der Waals surface area contributed by atoms with Crippen LogP contribution in [0.5, 0.6) is 0 Å². The zero-order valence-electron chi connectivity index (χ0n) is 11.5. The lowest BCUT2D eigenvalue weighted by Gasteiger charge is -2.34. The van der Waals surface area contributed by atoms with Crippen LogP contribution in [0.4, 0.5) is 13.2 Å². The van der Waals surface area contributed by atoms with E-state index >= 15 is 0 Å². The van der Waals surface area contributed by atoms with E-state index in [9.17, 15) is 28.2 Å². The van der Waals surface area contributed by atoms with E-state index in [1.54, 1.807) is 6.92 Å². The molecule has 0 bridgehead atoms. The van der Waals surface area contributed by atoms with E-state index in [0.29, 0.717) is 6.42 Å². The van der Waals surface area contributed by atoms with Gasteiger partial charge in [-0.25, -0.2) is 0 Å². The number of halogens is 3. The molecule has 0 heterocycles. The van der Waals surface area contributed by atoms with Crippen LogP contribution in [0.3, 0.4) is 0 Å². The van der Waals surface area contributed by atoms with Crippen molar-refractivity contribution in [3.63, 3.8) is 0 Å². The van der Waals surface area contributed by atoms with Crippen molar-refractivity contribution in [2.24, 2.45) is 11.8 Å². The van der Waals surface area contributed by atoms with E-state index in [2.05, 4.69) is 5.32 Å². The Bertz CT molecular complexity index is 313. The summed E-state index contributed by atoms with van der Waals surface area (Å²) in [7, 11) is 0. The highest BCUT2D eigenvalue weighted by Crippen LogP contribution is 2.39. The van der Waals surface area contributed by atoms with E-state index in [0.717, 1.165) is 0 Å². The molecule has 0 atom stereocenters. The van der Waals surface area contributed by atoms with Crippen molar-refractivity contribution in [2.45, 2.75) is 50.7 Å². The van der Waals surface area contributed by atoms with Crippen molar-refractivity contribution >= 4 is 5.91 Å². The maximum atomic E-state index is 12.5. The van der Waals surface area contributed by atoms with Crippen LogP contribution >= 0.6 is 0 Å². The Morgan fingerprint density at radius 3 is 2.00 bits per heavy atom. The minimum Gasteiger partial charge on any atom is -0.394 e. The van der Waals surface area contributed by atoms with Crippen LogP contribution in [0.1, 0.15) is 39.0 Å².